The minimum Gasteiger partial charge on any atom is -0.356 e. The third kappa shape index (κ3) is 2.91. The molecule has 2 atom stereocenters. The number of H-pyrrole nitrogens is 1. The average molecular weight is 442 g/mol. The number of nitrogens with zero attached hydrogens (tertiary/aromatic N) is 2. The lowest BCUT2D eigenvalue weighted by atomic mass is 9.76. The molecule has 2 amide bonds. The van der Waals surface area contributed by atoms with Crippen molar-refractivity contribution in [2.24, 2.45) is 0 Å². The average Bonchev–Trinajstić information content (AvgIpc) is 3.51. The largest absolute Gasteiger partial charge is 0.356 e. The Morgan fingerprint density at radius 3 is 2.48 bits per heavy atom. The van der Waals surface area contributed by atoms with Crippen molar-refractivity contribution in [3.05, 3.63) is 70.9 Å². The topological polar surface area (TPSA) is 56.4 Å². The Bertz CT molecular complexity index is 1240. The summed E-state index contributed by atoms with van der Waals surface area (Å²) in [6, 6.07) is 17.2. The van der Waals surface area contributed by atoms with Crippen molar-refractivity contribution in [3.8, 4) is 0 Å². The van der Waals surface area contributed by atoms with Crippen LogP contribution in [0.5, 0.6) is 0 Å². The van der Waals surface area contributed by atoms with Crippen LogP contribution in [0.1, 0.15) is 67.8 Å². The summed E-state index contributed by atoms with van der Waals surface area (Å²) < 4.78 is 0. The Balaban J connectivity index is 1.54. The lowest BCUT2D eigenvalue weighted by Gasteiger charge is -2.52. The first-order valence-electron chi connectivity index (χ1n) is 12.3. The van der Waals surface area contributed by atoms with Crippen molar-refractivity contribution in [3.63, 3.8) is 0 Å². The molecule has 2 aliphatic heterocycles. The zero-order valence-electron chi connectivity index (χ0n) is 19.4. The summed E-state index contributed by atoms with van der Waals surface area (Å²) in [7, 11) is 0. The Morgan fingerprint density at radius 1 is 1.03 bits per heavy atom. The molecule has 1 saturated carbocycles. The number of carbonyl (C=O) groups excluding carboxylic acids is 2. The summed E-state index contributed by atoms with van der Waals surface area (Å²) in [5, 5.41) is 1.15. The molecule has 1 saturated heterocycles. The normalized spacial score (nSPS) is 25.6. The number of rotatable bonds is 3. The maximum Gasteiger partial charge on any atom is 0.255 e. The summed E-state index contributed by atoms with van der Waals surface area (Å²) in [4.78, 5) is 35.0. The van der Waals surface area contributed by atoms with E-state index in [0.717, 1.165) is 48.7 Å². The Hall–Kier alpha value is -3.08. The number of aromatic nitrogens is 1. The number of fused-ring (bicyclic) bond motifs is 5. The van der Waals surface area contributed by atoms with Crippen LogP contribution in [0.3, 0.4) is 0 Å². The number of hydrogen-bond acceptors (Lipinski definition) is 2. The molecule has 1 unspecified atom stereocenters. The van der Waals surface area contributed by atoms with E-state index in [0.29, 0.717) is 6.54 Å². The molecule has 170 valence electrons. The highest BCUT2D eigenvalue weighted by Gasteiger charge is 2.57. The van der Waals surface area contributed by atoms with Crippen molar-refractivity contribution < 1.29 is 9.59 Å². The van der Waals surface area contributed by atoms with E-state index in [2.05, 4.69) is 54.4 Å². The smallest absolute Gasteiger partial charge is 0.255 e. The first-order chi connectivity index (χ1) is 16.0. The number of amides is 2. The van der Waals surface area contributed by atoms with Gasteiger partial charge in [0, 0.05) is 29.4 Å². The number of carbonyl (C=O) groups is 2. The molecule has 3 heterocycles. The molecule has 3 aliphatic rings. The number of benzene rings is 2. The van der Waals surface area contributed by atoms with Gasteiger partial charge in [-0.15, -0.1) is 0 Å². The molecule has 2 fully saturated rings. The predicted octanol–water partition coefficient (Wildman–Crippen LogP) is 4.70. The van der Waals surface area contributed by atoms with Gasteiger partial charge in [0.25, 0.3) is 5.91 Å². The summed E-state index contributed by atoms with van der Waals surface area (Å²) in [5.41, 5.74) is 4.59. The van der Waals surface area contributed by atoms with Gasteiger partial charge in [-0.1, -0.05) is 62.2 Å². The minimum absolute atomic E-state index is 0.0323. The van der Waals surface area contributed by atoms with Crippen LogP contribution in [0.2, 0.25) is 0 Å². The third-order valence-corrected chi connectivity index (χ3v) is 8.33. The number of hydrogen-bond donors (Lipinski definition) is 1. The van der Waals surface area contributed by atoms with E-state index in [1.165, 1.54) is 16.7 Å². The van der Waals surface area contributed by atoms with Crippen molar-refractivity contribution in [2.45, 2.75) is 63.5 Å². The van der Waals surface area contributed by atoms with E-state index in [1.807, 2.05) is 22.8 Å². The van der Waals surface area contributed by atoms with Crippen LogP contribution in [0, 0.1) is 0 Å². The lowest BCUT2D eigenvalue weighted by Crippen LogP contribution is -2.68. The third-order valence-electron chi connectivity index (χ3n) is 8.33. The monoisotopic (exact) mass is 441 g/mol. The van der Waals surface area contributed by atoms with E-state index < -0.39 is 5.54 Å². The van der Waals surface area contributed by atoms with E-state index in [9.17, 15) is 9.59 Å². The maximum absolute atomic E-state index is 14.1. The SMILES string of the molecule is CCc1ccc(C2CN3C(=O)CN(C4CCCC4)C(=O)[C@]3(C)c3[nH]c4ccccc4c32)cc1. The highest BCUT2D eigenvalue weighted by atomic mass is 16.2. The fourth-order valence-electron chi connectivity index (χ4n) is 6.43. The minimum atomic E-state index is -0.994. The van der Waals surface area contributed by atoms with Gasteiger partial charge in [-0.3, -0.25) is 9.59 Å². The van der Waals surface area contributed by atoms with Crippen molar-refractivity contribution in [1.82, 2.24) is 14.8 Å². The fourth-order valence-corrected chi connectivity index (χ4v) is 6.43. The lowest BCUT2D eigenvalue weighted by molar-refractivity contribution is -0.168. The summed E-state index contributed by atoms with van der Waals surface area (Å²) in [6.45, 7) is 4.85. The number of aromatic amines is 1. The predicted molar refractivity (Wildman–Crippen MR) is 129 cm³/mol. The molecule has 1 N–H and O–H groups in total. The molecular formula is C28H31N3O2. The van der Waals surface area contributed by atoms with Gasteiger partial charge in [-0.2, -0.15) is 0 Å². The first kappa shape index (κ1) is 20.5. The van der Waals surface area contributed by atoms with E-state index in [-0.39, 0.29) is 30.3 Å². The van der Waals surface area contributed by atoms with Crippen LogP contribution >= 0.6 is 0 Å². The number of aryl methyl sites for hydroxylation is 1. The molecule has 1 aromatic heterocycles. The highest BCUT2D eigenvalue weighted by molar-refractivity contribution is 6.01. The van der Waals surface area contributed by atoms with Crippen molar-refractivity contribution in [1.29, 1.82) is 0 Å². The van der Waals surface area contributed by atoms with Crippen LogP contribution in [-0.2, 0) is 21.5 Å². The Kier molecular flexibility index (Phi) is 4.65. The van der Waals surface area contributed by atoms with Gasteiger partial charge in [0.2, 0.25) is 5.91 Å². The van der Waals surface area contributed by atoms with Gasteiger partial charge in [0.1, 0.15) is 6.54 Å². The van der Waals surface area contributed by atoms with E-state index in [1.54, 1.807) is 0 Å². The summed E-state index contributed by atoms with van der Waals surface area (Å²) in [5.74, 6) is 0.162. The molecule has 0 spiro atoms. The first-order valence-corrected chi connectivity index (χ1v) is 12.3. The molecule has 33 heavy (non-hydrogen) atoms. The van der Waals surface area contributed by atoms with Crippen LogP contribution in [-0.4, -0.2) is 45.7 Å². The summed E-state index contributed by atoms with van der Waals surface area (Å²) >= 11 is 0. The van der Waals surface area contributed by atoms with E-state index in [4.69, 9.17) is 0 Å². The number of piperazine rings is 1. The second-order valence-corrected chi connectivity index (χ2v) is 10.1. The fraction of sp³-hybridized carbons (Fsp3) is 0.429. The molecule has 5 heteroatoms. The molecule has 6 rings (SSSR count). The van der Waals surface area contributed by atoms with Crippen LogP contribution in [0.4, 0.5) is 0 Å². The van der Waals surface area contributed by atoms with Crippen molar-refractivity contribution >= 4 is 22.7 Å². The summed E-state index contributed by atoms with van der Waals surface area (Å²) in [6.07, 6.45) is 5.27. The van der Waals surface area contributed by atoms with E-state index >= 15 is 0 Å². The molecule has 0 bridgehead atoms. The Labute approximate surface area is 194 Å². The zero-order valence-corrected chi connectivity index (χ0v) is 19.4. The van der Waals surface area contributed by atoms with Gasteiger partial charge in [0.05, 0.1) is 5.69 Å². The molecule has 2 aromatic carbocycles. The Morgan fingerprint density at radius 2 is 1.76 bits per heavy atom. The maximum atomic E-state index is 14.1. The van der Waals surface area contributed by atoms with Crippen molar-refractivity contribution in [2.75, 3.05) is 13.1 Å². The number of nitrogens with one attached hydrogen (secondary N) is 1. The molecule has 5 nitrogen and oxygen atoms in total. The second kappa shape index (κ2) is 7.47. The highest BCUT2D eigenvalue weighted by Crippen LogP contribution is 2.48. The van der Waals surface area contributed by atoms with Crippen LogP contribution in [0.15, 0.2) is 48.5 Å². The second-order valence-electron chi connectivity index (χ2n) is 10.1. The number of para-hydroxylation sites is 1. The standard InChI is InChI=1S/C28H31N3O2/c1-3-18-12-14-19(15-13-18)22-16-31-24(32)17-30(20-8-4-5-9-20)27(33)28(31,2)26-25(22)21-10-6-7-11-23(21)29-26/h6-7,10-15,20,22,29H,3-5,8-9,16-17H2,1-2H3/t22?,28-/m0/s1. The van der Waals surface area contributed by atoms with Gasteiger partial charge in [0.15, 0.2) is 5.54 Å². The quantitative estimate of drug-likeness (QED) is 0.640. The van der Waals surface area contributed by atoms with Gasteiger partial charge >= 0.3 is 0 Å². The van der Waals surface area contributed by atoms with Crippen LogP contribution in [0.25, 0.3) is 10.9 Å². The van der Waals surface area contributed by atoms with Gasteiger partial charge in [-0.25, -0.2) is 0 Å². The molecular weight excluding hydrogens is 410 g/mol. The van der Waals surface area contributed by atoms with Crippen LogP contribution < -0.4 is 0 Å². The molecule has 3 aromatic rings. The molecule has 1 aliphatic carbocycles. The zero-order chi connectivity index (χ0) is 22.7. The molecule has 0 radical (unpaired) electrons. The van der Waals surface area contributed by atoms with Gasteiger partial charge < -0.3 is 14.8 Å². The van der Waals surface area contributed by atoms with Gasteiger partial charge in [-0.05, 0) is 48.9 Å².